The molecule has 2 aromatic rings. The first kappa shape index (κ1) is 21.2. The zero-order chi connectivity index (χ0) is 19.5. The first-order valence-corrected chi connectivity index (χ1v) is 11.0. The molecule has 0 aliphatic rings. The van der Waals surface area contributed by atoms with E-state index in [-0.39, 0.29) is 6.61 Å². The summed E-state index contributed by atoms with van der Waals surface area (Å²) in [5.41, 5.74) is 0.896. The van der Waals surface area contributed by atoms with Gasteiger partial charge in [0, 0.05) is 12.4 Å². The molecule has 5 nitrogen and oxygen atoms in total. The van der Waals surface area contributed by atoms with Crippen LogP contribution in [0.5, 0.6) is 0 Å². The summed E-state index contributed by atoms with van der Waals surface area (Å²) in [4.78, 5) is 12.3. The third-order valence-corrected chi connectivity index (χ3v) is 7.14. The highest BCUT2D eigenvalue weighted by atomic mass is 31.2. The van der Waals surface area contributed by atoms with Crippen molar-refractivity contribution in [2.45, 2.75) is 45.0 Å². The number of benzene rings is 2. The number of alkyl carbamates (subject to hydrolysis) is 1. The van der Waals surface area contributed by atoms with Crippen molar-refractivity contribution in [2.24, 2.45) is 0 Å². The molecule has 146 valence electrons. The van der Waals surface area contributed by atoms with E-state index >= 15 is 0 Å². The first-order chi connectivity index (χ1) is 13.1. The minimum absolute atomic E-state index is 0.164. The number of ether oxygens (including phenoxy) is 1. The Morgan fingerprint density at radius 3 is 2.26 bits per heavy atom. The monoisotopic (exact) mass is 389 g/mol. The molecule has 0 spiro atoms. The Labute approximate surface area is 161 Å². The normalized spacial score (nSPS) is 14.1. The van der Waals surface area contributed by atoms with Gasteiger partial charge in [-0.25, -0.2) is 4.79 Å². The summed E-state index contributed by atoms with van der Waals surface area (Å²) in [6.45, 7) is 2.26. The van der Waals surface area contributed by atoms with Gasteiger partial charge in [-0.3, -0.25) is 4.57 Å². The van der Waals surface area contributed by atoms with Crippen molar-refractivity contribution >= 4 is 18.8 Å². The van der Waals surface area contributed by atoms with Crippen molar-refractivity contribution in [1.82, 2.24) is 5.32 Å². The van der Waals surface area contributed by atoms with Gasteiger partial charge in [0.1, 0.15) is 12.4 Å². The Bertz CT molecular complexity index is 736. The molecule has 0 bridgehead atoms. The fraction of sp³-hybridized carbons (Fsp3) is 0.381. The average Bonchev–Trinajstić information content (AvgIpc) is 2.72. The molecule has 0 radical (unpaired) electrons. The SMILES string of the molecule is CCCCC[C@@H](NC(=O)OCc1ccccc1)[P@](=O)(OC)c1ccccc1. The van der Waals surface area contributed by atoms with Gasteiger partial charge in [0.15, 0.2) is 0 Å². The molecule has 2 atom stereocenters. The molecule has 0 aromatic heterocycles. The zero-order valence-corrected chi connectivity index (χ0v) is 16.9. The highest BCUT2D eigenvalue weighted by molar-refractivity contribution is 7.67. The Morgan fingerprint density at radius 2 is 1.67 bits per heavy atom. The van der Waals surface area contributed by atoms with E-state index in [0.717, 1.165) is 24.8 Å². The summed E-state index contributed by atoms with van der Waals surface area (Å²) in [7, 11) is -1.84. The molecule has 0 unspecified atom stereocenters. The summed E-state index contributed by atoms with van der Waals surface area (Å²) in [6.07, 6.45) is 2.85. The van der Waals surface area contributed by atoms with Crippen LogP contribution in [0, 0.1) is 0 Å². The number of amides is 1. The van der Waals surface area contributed by atoms with Gasteiger partial charge in [0.25, 0.3) is 7.37 Å². The molecule has 0 aliphatic carbocycles. The van der Waals surface area contributed by atoms with Crippen molar-refractivity contribution in [3.8, 4) is 0 Å². The summed E-state index contributed by atoms with van der Waals surface area (Å²) in [6, 6.07) is 18.5. The van der Waals surface area contributed by atoms with Crippen molar-refractivity contribution in [3.63, 3.8) is 0 Å². The van der Waals surface area contributed by atoms with Crippen LogP contribution in [0.1, 0.15) is 38.2 Å². The van der Waals surface area contributed by atoms with Crippen molar-refractivity contribution in [2.75, 3.05) is 7.11 Å². The van der Waals surface area contributed by atoms with E-state index < -0.39 is 19.2 Å². The van der Waals surface area contributed by atoms with Crippen molar-refractivity contribution in [3.05, 3.63) is 66.2 Å². The lowest BCUT2D eigenvalue weighted by Crippen LogP contribution is -2.38. The number of rotatable bonds is 10. The molecule has 0 aliphatic heterocycles. The van der Waals surface area contributed by atoms with Gasteiger partial charge in [0.2, 0.25) is 0 Å². The molecule has 6 heteroatoms. The van der Waals surface area contributed by atoms with E-state index in [9.17, 15) is 9.36 Å². The largest absolute Gasteiger partial charge is 0.445 e. The summed E-state index contributed by atoms with van der Waals surface area (Å²) >= 11 is 0. The Kier molecular flexibility index (Phi) is 8.56. The maximum atomic E-state index is 13.6. The van der Waals surface area contributed by atoms with Crippen LogP contribution in [0.25, 0.3) is 0 Å². The van der Waals surface area contributed by atoms with Gasteiger partial charge < -0.3 is 14.6 Å². The van der Waals surface area contributed by atoms with Gasteiger partial charge in [-0.1, -0.05) is 74.7 Å². The van der Waals surface area contributed by atoms with Crippen LogP contribution in [-0.2, 0) is 20.4 Å². The average molecular weight is 389 g/mol. The van der Waals surface area contributed by atoms with Crippen LogP contribution < -0.4 is 10.6 Å². The fourth-order valence-corrected chi connectivity index (χ4v) is 5.07. The maximum Gasteiger partial charge on any atom is 0.408 e. The van der Waals surface area contributed by atoms with Crippen LogP contribution in [0.3, 0.4) is 0 Å². The molecule has 2 rings (SSSR count). The molecular weight excluding hydrogens is 361 g/mol. The van der Waals surface area contributed by atoms with Crippen LogP contribution in [0.2, 0.25) is 0 Å². The fourth-order valence-electron chi connectivity index (χ4n) is 2.86. The molecule has 27 heavy (non-hydrogen) atoms. The van der Waals surface area contributed by atoms with E-state index in [0.29, 0.717) is 11.7 Å². The Balaban J connectivity index is 2.10. The predicted molar refractivity (Wildman–Crippen MR) is 108 cm³/mol. The molecule has 0 saturated heterocycles. The number of hydrogen-bond donors (Lipinski definition) is 1. The molecule has 1 amide bonds. The lowest BCUT2D eigenvalue weighted by atomic mass is 10.2. The number of hydrogen-bond acceptors (Lipinski definition) is 4. The molecule has 0 fully saturated rings. The van der Waals surface area contributed by atoms with Gasteiger partial charge in [-0.05, 0) is 24.1 Å². The third kappa shape index (κ3) is 6.23. The van der Waals surface area contributed by atoms with Gasteiger partial charge in [-0.15, -0.1) is 0 Å². The van der Waals surface area contributed by atoms with Crippen LogP contribution >= 0.6 is 7.37 Å². The van der Waals surface area contributed by atoms with E-state index in [1.54, 1.807) is 12.1 Å². The number of carbonyl (C=O) groups excluding carboxylic acids is 1. The minimum Gasteiger partial charge on any atom is -0.445 e. The molecule has 0 saturated carbocycles. The summed E-state index contributed by atoms with van der Waals surface area (Å²) in [5.74, 6) is -0.625. The number of nitrogens with one attached hydrogen (secondary N) is 1. The van der Waals surface area contributed by atoms with Crippen LogP contribution in [-0.4, -0.2) is 19.0 Å². The molecule has 1 N–H and O–H groups in total. The third-order valence-electron chi connectivity index (χ3n) is 4.38. The van der Waals surface area contributed by atoms with E-state index in [1.807, 2.05) is 48.5 Å². The quantitative estimate of drug-likeness (QED) is 0.455. The minimum atomic E-state index is -3.26. The smallest absolute Gasteiger partial charge is 0.408 e. The van der Waals surface area contributed by atoms with E-state index in [1.165, 1.54) is 7.11 Å². The highest BCUT2D eigenvalue weighted by Crippen LogP contribution is 2.50. The molecule has 0 heterocycles. The van der Waals surface area contributed by atoms with Gasteiger partial charge >= 0.3 is 6.09 Å². The highest BCUT2D eigenvalue weighted by Gasteiger charge is 2.36. The second-order valence-electron chi connectivity index (χ2n) is 6.33. The number of carbonyl (C=O) groups is 1. The molecule has 2 aromatic carbocycles. The molecular formula is C21H28NO4P. The second kappa shape index (κ2) is 10.9. The van der Waals surface area contributed by atoms with Gasteiger partial charge in [-0.2, -0.15) is 0 Å². The van der Waals surface area contributed by atoms with E-state index in [4.69, 9.17) is 9.26 Å². The predicted octanol–water partition coefficient (Wildman–Crippen LogP) is 5.07. The second-order valence-corrected chi connectivity index (χ2v) is 9.03. The summed E-state index contributed by atoms with van der Waals surface area (Å²) in [5, 5.41) is 3.38. The van der Waals surface area contributed by atoms with Gasteiger partial charge in [0.05, 0.1) is 0 Å². The number of unbranched alkanes of at least 4 members (excludes halogenated alkanes) is 2. The van der Waals surface area contributed by atoms with Crippen LogP contribution in [0.15, 0.2) is 60.7 Å². The van der Waals surface area contributed by atoms with Crippen molar-refractivity contribution in [1.29, 1.82) is 0 Å². The summed E-state index contributed by atoms with van der Waals surface area (Å²) < 4.78 is 24.4. The first-order valence-electron chi connectivity index (χ1n) is 9.28. The lowest BCUT2D eigenvalue weighted by molar-refractivity contribution is 0.137. The maximum absolute atomic E-state index is 13.6. The Morgan fingerprint density at radius 1 is 1.04 bits per heavy atom. The zero-order valence-electron chi connectivity index (χ0n) is 16.0. The lowest BCUT2D eigenvalue weighted by Gasteiger charge is -2.27. The Hall–Kier alpha value is -2.10. The topological polar surface area (TPSA) is 64.6 Å². The van der Waals surface area contributed by atoms with Crippen molar-refractivity contribution < 1.29 is 18.6 Å². The van der Waals surface area contributed by atoms with E-state index in [2.05, 4.69) is 12.2 Å². The standard InChI is InChI=1S/C21H28NO4P/c1-3-4-7-16-20(27(24,25-2)19-14-10-6-11-15-19)22-21(23)26-17-18-12-8-5-9-13-18/h5-6,8-15,20H,3-4,7,16-17H2,1-2H3,(H,22,23)/t20-,27+/m0/s1. The van der Waals surface area contributed by atoms with Crippen LogP contribution in [0.4, 0.5) is 4.79 Å².